The molecule has 0 fully saturated rings. The van der Waals surface area contributed by atoms with Crippen molar-refractivity contribution >= 4 is 38.2 Å². The molecule has 0 aliphatic heterocycles. The van der Waals surface area contributed by atoms with Crippen LogP contribution in [0.25, 0.3) is 33.2 Å². The summed E-state index contributed by atoms with van der Waals surface area (Å²) in [6, 6.07) is 18.5. The van der Waals surface area contributed by atoms with Gasteiger partial charge >= 0.3 is 0 Å². The normalized spacial score (nSPS) is 11.4. The zero-order valence-electron chi connectivity index (χ0n) is 19.4. The van der Waals surface area contributed by atoms with E-state index < -0.39 is 27.6 Å². The van der Waals surface area contributed by atoms with Crippen molar-refractivity contribution in [2.75, 3.05) is 16.3 Å². The van der Waals surface area contributed by atoms with Crippen LogP contribution in [-0.4, -0.2) is 30.5 Å². The van der Waals surface area contributed by atoms with Gasteiger partial charge in [0, 0.05) is 46.2 Å². The second-order valence-electron chi connectivity index (χ2n) is 8.48. The van der Waals surface area contributed by atoms with Gasteiger partial charge in [-0.15, -0.1) is 0 Å². The molecule has 0 radical (unpaired) electrons. The van der Waals surface area contributed by atoms with Crippen LogP contribution >= 0.6 is 0 Å². The first-order valence-electron chi connectivity index (χ1n) is 11.1. The first-order valence-corrected chi connectivity index (χ1v) is 13.0. The average Bonchev–Trinajstić information content (AvgIpc) is 3.27. The molecular weight excluding hydrogens is 498 g/mol. The molecule has 0 saturated carbocycles. The molecule has 1 amide bonds. The highest BCUT2D eigenvalue weighted by atomic mass is 32.2. The molecule has 3 aromatic carbocycles. The summed E-state index contributed by atoms with van der Waals surface area (Å²) in [5, 5.41) is 3.54. The van der Waals surface area contributed by atoms with Crippen molar-refractivity contribution in [3.8, 4) is 22.3 Å². The maximum absolute atomic E-state index is 14.6. The van der Waals surface area contributed by atoms with Crippen molar-refractivity contribution in [2.45, 2.75) is 0 Å². The first kappa shape index (κ1) is 24.1. The molecule has 0 aliphatic carbocycles. The number of aromatic amines is 1. The molecule has 7 nitrogen and oxygen atoms in total. The van der Waals surface area contributed by atoms with Crippen LogP contribution in [0.5, 0.6) is 0 Å². The van der Waals surface area contributed by atoms with Gasteiger partial charge in [-0.25, -0.2) is 17.2 Å². The number of carbonyl (C=O) groups is 1. The highest BCUT2D eigenvalue weighted by Crippen LogP contribution is 2.32. The zero-order valence-corrected chi connectivity index (χ0v) is 20.2. The number of hydrogen-bond donors (Lipinski definition) is 3. The van der Waals surface area contributed by atoms with Gasteiger partial charge in [-0.3, -0.25) is 14.5 Å². The Hall–Kier alpha value is -4.57. The van der Waals surface area contributed by atoms with Crippen LogP contribution in [0.4, 0.5) is 20.2 Å². The van der Waals surface area contributed by atoms with Crippen molar-refractivity contribution in [2.24, 2.45) is 0 Å². The number of halogens is 2. The zero-order chi connectivity index (χ0) is 26.2. The molecule has 186 valence electrons. The second kappa shape index (κ2) is 9.47. The maximum Gasteiger partial charge on any atom is 0.272 e. The van der Waals surface area contributed by atoms with Gasteiger partial charge in [0.1, 0.15) is 17.3 Å². The number of hydrogen-bond acceptors (Lipinski definition) is 4. The fourth-order valence-electron chi connectivity index (χ4n) is 4.00. The molecule has 37 heavy (non-hydrogen) atoms. The van der Waals surface area contributed by atoms with Gasteiger partial charge in [-0.1, -0.05) is 12.1 Å². The molecule has 5 aromatic rings. The number of rotatable bonds is 6. The summed E-state index contributed by atoms with van der Waals surface area (Å²) in [6.45, 7) is 0. The fraction of sp³-hybridized carbons (Fsp3) is 0.0370. The molecule has 3 N–H and O–H groups in total. The van der Waals surface area contributed by atoms with Crippen molar-refractivity contribution in [3.63, 3.8) is 0 Å². The number of benzene rings is 3. The number of aromatic nitrogens is 2. The predicted molar refractivity (Wildman–Crippen MR) is 140 cm³/mol. The topological polar surface area (TPSA) is 104 Å². The Bertz CT molecular complexity index is 1750. The minimum atomic E-state index is -3.45. The van der Waals surface area contributed by atoms with Crippen LogP contribution in [-0.2, 0) is 10.0 Å². The summed E-state index contributed by atoms with van der Waals surface area (Å²) in [6.07, 6.45) is 4.32. The van der Waals surface area contributed by atoms with Crippen molar-refractivity contribution in [3.05, 3.63) is 103 Å². The third kappa shape index (κ3) is 5.49. The number of carbonyl (C=O) groups excluding carboxylic acids is 1. The Labute approximate surface area is 211 Å². The summed E-state index contributed by atoms with van der Waals surface area (Å²) in [5.74, 6) is -1.87. The summed E-state index contributed by atoms with van der Waals surface area (Å²) < 4.78 is 53.5. The van der Waals surface area contributed by atoms with Crippen LogP contribution in [0.15, 0.2) is 85.2 Å². The van der Waals surface area contributed by atoms with Crippen LogP contribution in [0.1, 0.15) is 10.5 Å². The Kier molecular flexibility index (Phi) is 6.18. The molecule has 0 saturated heterocycles. The van der Waals surface area contributed by atoms with E-state index in [1.807, 2.05) is 6.07 Å². The van der Waals surface area contributed by atoms with E-state index in [-0.39, 0.29) is 11.3 Å². The lowest BCUT2D eigenvalue weighted by atomic mass is 9.98. The van der Waals surface area contributed by atoms with E-state index >= 15 is 0 Å². The van der Waals surface area contributed by atoms with Gasteiger partial charge in [-0.05, 0) is 65.7 Å². The minimum Gasteiger partial charge on any atom is -0.350 e. The lowest BCUT2D eigenvalue weighted by molar-refractivity contribution is 0.102. The van der Waals surface area contributed by atoms with Crippen LogP contribution in [0.2, 0.25) is 0 Å². The molecule has 0 unspecified atom stereocenters. The number of amides is 1. The van der Waals surface area contributed by atoms with Crippen LogP contribution in [0, 0.1) is 11.6 Å². The van der Waals surface area contributed by atoms with Gasteiger partial charge in [-0.2, -0.15) is 0 Å². The average molecular weight is 519 g/mol. The maximum atomic E-state index is 14.6. The number of anilines is 2. The Balaban J connectivity index is 1.50. The Morgan fingerprint density at radius 3 is 2.43 bits per heavy atom. The third-order valence-corrected chi connectivity index (χ3v) is 6.20. The largest absolute Gasteiger partial charge is 0.350 e. The smallest absolute Gasteiger partial charge is 0.272 e. The highest BCUT2D eigenvalue weighted by molar-refractivity contribution is 7.92. The number of nitrogens with one attached hydrogen (secondary N) is 3. The lowest BCUT2D eigenvalue weighted by Crippen LogP contribution is -2.12. The monoisotopic (exact) mass is 518 g/mol. The molecule has 2 heterocycles. The number of pyridine rings is 1. The van der Waals surface area contributed by atoms with Crippen molar-refractivity contribution < 1.29 is 22.0 Å². The minimum absolute atomic E-state index is 0.180. The van der Waals surface area contributed by atoms with Crippen LogP contribution < -0.4 is 10.0 Å². The number of sulfonamides is 1. The van der Waals surface area contributed by atoms with E-state index in [2.05, 4.69) is 20.0 Å². The molecule has 10 heteroatoms. The molecule has 0 atom stereocenters. The first-order chi connectivity index (χ1) is 17.6. The molecule has 0 bridgehead atoms. The molecule has 0 spiro atoms. The summed E-state index contributed by atoms with van der Waals surface area (Å²) in [7, 11) is -3.45. The number of H-pyrrole nitrogens is 1. The van der Waals surface area contributed by atoms with Gasteiger partial charge in [0.2, 0.25) is 10.0 Å². The van der Waals surface area contributed by atoms with Crippen LogP contribution in [0.3, 0.4) is 0 Å². The van der Waals surface area contributed by atoms with E-state index in [9.17, 15) is 22.0 Å². The van der Waals surface area contributed by atoms with E-state index in [4.69, 9.17) is 0 Å². The van der Waals surface area contributed by atoms with Crippen molar-refractivity contribution in [1.29, 1.82) is 0 Å². The third-order valence-electron chi connectivity index (χ3n) is 5.60. The van der Waals surface area contributed by atoms with Gasteiger partial charge in [0.05, 0.1) is 11.9 Å². The summed E-state index contributed by atoms with van der Waals surface area (Å²) >= 11 is 0. The Morgan fingerprint density at radius 1 is 0.892 bits per heavy atom. The number of nitrogens with zero attached hydrogens (tertiary/aromatic N) is 1. The van der Waals surface area contributed by atoms with Gasteiger partial charge in [0.25, 0.3) is 5.91 Å². The molecule has 0 aliphatic rings. The quantitative estimate of drug-likeness (QED) is 0.264. The lowest BCUT2D eigenvalue weighted by Gasteiger charge is -2.12. The summed E-state index contributed by atoms with van der Waals surface area (Å²) in [4.78, 5) is 20.2. The summed E-state index contributed by atoms with van der Waals surface area (Å²) in [5.41, 5.74) is 3.62. The highest BCUT2D eigenvalue weighted by Gasteiger charge is 2.15. The molecular formula is C27H20F2N4O3S. The number of fused-ring (bicyclic) bond motifs is 1. The predicted octanol–water partition coefficient (Wildman–Crippen LogP) is 5.80. The van der Waals surface area contributed by atoms with Gasteiger partial charge < -0.3 is 10.3 Å². The molecule has 5 rings (SSSR count). The standard InChI is InChI=1S/C27H20F2N4O3S/c1-37(35,36)33-21-6-4-16-12-26(32-25(16)14-21)27(34)31-22-10-18(17-3-2-8-30-15-17)9-19(11-22)23-7-5-20(28)13-24(23)29/h2-15,32-33H,1H3,(H,31,34). The fourth-order valence-corrected chi connectivity index (χ4v) is 4.56. The van der Waals surface area contributed by atoms with Gasteiger partial charge in [0.15, 0.2) is 0 Å². The van der Waals surface area contributed by atoms with E-state index in [1.54, 1.807) is 60.9 Å². The second-order valence-corrected chi connectivity index (χ2v) is 10.2. The molecule has 2 aromatic heterocycles. The van der Waals surface area contributed by atoms with E-state index in [1.165, 1.54) is 12.1 Å². The Morgan fingerprint density at radius 2 is 1.70 bits per heavy atom. The SMILES string of the molecule is CS(=O)(=O)Nc1ccc2cc(C(=O)Nc3cc(-c4cccnc4)cc(-c4ccc(F)cc4F)c3)[nH]c2c1. The van der Waals surface area contributed by atoms with E-state index in [0.29, 0.717) is 33.4 Å². The van der Waals surface area contributed by atoms with E-state index in [0.717, 1.165) is 17.9 Å². The van der Waals surface area contributed by atoms with Crippen molar-refractivity contribution in [1.82, 2.24) is 9.97 Å².